The summed E-state index contributed by atoms with van der Waals surface area (Å²) < 4.78 is 61.7. The fraction of sp³-hybridized carbons (Fsp3) is 0.643. The minimum atomic E-state index is -4.66. The summed E-state index contributed by atoms with van der Waals surface area (Å²) >= 11 is 0. The van der Waals surface area contributed by atoms with Crippen LogP contribution in [0.25, 0.3) is 0 Å². The van der Waals surface area contributed by atoms with Gasteiger partial charge in [0.25, 0.3) is 0 Å². The van der Waals surface area contributed by atoms with Crippen molar-refractivity contribution in [1.82, 2.24) is 9.97 Å². The van der Waals surface area contributed by atoms with Crippen LogP contribution in [-0.4, -0.2) is 34.7 Å². The summed E-state index contributed by atoms with van der Waals surface area (Å²) in [6.45, 7) is 0. The highest BCUT2D eigenvalue weighted by Crippen LogP contribution is 2.40. The van der Waals surface area contributed by atoms with Crippen LogP contribution in [0.3, 0.4) is 0 Å². The number of aromatic nitrogens is 2. The number of alkyl halides is 3. The number of hydrogen-bond acceptors (Lipinski definition) is 5. The molecule has 2 unspecified atom stereocenters. The van der Waals surface area contributed by atoms with Gasteiger partial charge in [-0.25, -0.2) is 18.4 Å². The second-order valence-corrected chi connectivity index (χ2v) is 8.60. The molecule has 126 valence electrons. The SMILES string of the molecule is O=C(c1cnc(C(F)(F)F)nc1)C1CC2CCCC(C1)S2(=O)=O. The van der Waals surface area contributed by atoms with Crippen LogP contribution >= 0.6 is 0 Å². The van der Waals surface area contributed by atoms with E-state index in [1.54, 1.807) is 0 Å². The van der Waals surface area contributed by atoms with Crippen LogP contribution in [0, 0.1) is 5.92 Å². The predicted octanol–water partition coefficient (Wildman–Crippen LogP) is 2.42. The lowest BCUT2D eigenvalue weighted by Crippen LogP contribution is -2.45. The monoisotopic (exact) mass is 348 g/mol. The Morgan fingerprint density at radius 1 is 1.09 bits per heavy atom. The molecule has 5 nitrogen and oxygen atoms in total. The maximum atomic E-state index is 12.4. The smallest absolute Gasteiger partial charge is 0.294 e. The van der Waals surface area contributed by atoms with E-state index in [1.807, 2.05) is 0 Å². The highest BCUT2D eigenvalue weighted by atomic mass is 32.2. The van der Waals surface area contributed by atoms with Crippen molar-refractivity contribution in [2.45, 2.75) is 48.8 Å². The minimum absolute atomic E-state index is 0.000344. The van der Waals surface area contributed by atoms with E-state index in [0.717, 1.165) is 18.8 Å². The average molecular weight is 348 g/mol. The molecule has 1 aromatic heterocycles. The lowest BCUT2D eigenvalue weighted by atomic mass is 9.85. The maximum Gasteiger partial charge on any atom is 0.451 e. The number of sulfone groups is 1. The van der Waals surface area contributed by atoms with E-state index in [1.165, 1.54) is 0 Å². The molecule has 0 spiro atoms. The topological polar surface area (TPSA) is 77.0 Å². The standard InChI is InChI=1S/C14H15F3N2O3S/c15-14(16,17)13-18-6-9(7-19-13)12(20)8-4-10-2-1-3-11(5-8)23(10,21)22/h6-8,10-11H,1-5H2. The Bertz CT molecular complexity index is 696. The van der Waals surface area contributed by atoms with Gasteiger partial charge >= 0.3 is 6.18 Å². The first-order valence-electron chi connectivity index (χ1n) is 7.35. The van der Waals surface area contributed by atoms with Gasteiger partial charge in [0, 0.05) is 18.3 Å². The molecule has 3 rings (SSSR count). The second-order valence-electron chi connectivity index (χ2n) is 6.09. The van der Waals surface area contributed by atoms with Crippen LogP contribution < -0.4 is 0 Å². The van der Waals surface area contributed by atoms with E-state index < -0.39 is 38.3 Å². The van der Waals surface area contributed by atoms with E-state index in [9.17, 15) is 26.4 Å². The molecule has 3 heterocycles. The van der Waals surface area contributed by atoms with Crippen molar-refractivity contribution in [3.8, 4) is 0 Å². The lowest BCUT2D eigenvalue weighted by molar-refractivity contribution is -0.145. The number of halogens is 3. The summed E-state index contributed by atoms with van der Waals surface area (Å²) in [5.41, 5.74) is 0.000344. The molecule has 1 aromatic rings. The summed E-state index contributed by atoms with van der Waals surface area (Å²) in [7, 11) is -3.17. The Balaban J connectivity index is 1.79. The van der Waals surface area contributed by atoms with Gasteiger partial charge in [-0.05, 0) is 25.7 Å². The third kappa shape index (κ3) is 2.98. The molecule has 2 atom stereocenters. The zero-order valence-electron chi connectivity index (χ0n) is 12.1. The zero-order valence-corrected chi connectivity index (χ0v) is 12.9. The molecule has 2 bridgehead atoms. The fourth-order valence-corrected chi connectivity index (χ4v) is 6.00. The highest BCUT2D eigenvalue weighted by Gasteiger charge is 2.46. The average Bonchev–Trinajstić information content (AvgIpc) is 2.44. The molecule has 2 fully saturated rings. The van der Waals surface area contributed by atoms with Crippen molar-refractivity contribution in [2.75, 3.05) is 0 Å². The van der Waals surface area contributed by atoms with Crippen LogP contribution in [-0.2, 0) is 16.0 Å². The first-order chi connectivity index (χ1) is 10.7. The van der Waals surface area contributed by atoms with E-state index in [4.69, 9.17) is 0 Å². The van der Waals surface area contributed by atoms with Gasteiger partial charge in [-0.1, -0.05) is 6.42 Å². The maximum absolute atomic E-state index is 12.4. The molecule has 0 radical (unpaired) electrons. The fourth-order valence-electron chi connectivity index (χ4n) is 3.46. The van der Waals surface area contributed by atoms with Crippen LogP contribution in [0.4, 0.5) is 13.2 Å². The molecule has 2 saturated heterocycles. The van der Waals surface area contributed by atoms with E-state index in [-0.39, 0.29) is 24.2 Å². The molecule has 0 N–H and O–H groups in total. The molecular weight excluding hydrogens is 333 g/mol. The predicted molar refractivity (Wildman–Crippen MR) is 74.4 cm³/mol. The molecule has 23 heavy (non-hydrogen) atoms. The molecule has 0 amide bonds. The summed E-state index contributed by atoms with van der Waals surface area (Å²) in [6.07, 6.45) is -0.514. The number of carbonyl (C=O) groups excluding carboxylic acids is 1. The van der Waals surface area contributed by atoms with Crippen LogP contribution in [0.1, 0.15) is 48.3 Å². The van der Waals surface area contributed by atoms with Gasteiger partial charge in [-0.2, -0.15) is 13.2 Å². The van der Waals surface area contributed by atoms with Crippen molar-refractivity contribution < 1.29 is 26.4 Å². The van der Waals surface area contributed by atoms with Crippen molar-refractivity contribution in [2.24, 2.45) is 5.92 Å². The molecule has 0 saturated carbocycles. The normalized spacial score (nSPS) is 30.0. The van der Waals surface area contributed by atoms with Crippen LogP contribution in [0.15, 0.2) is 12.4 Å². The molecule has 2 aliphatic heterocycles. The molecule has 2 aliphatic rings. The quantitative estimate of drug-likeness (QED) is 0.767. The number of carbonyl (C=O) groups is 1. The first-order valence-corrected chi connectivity index (χ1v) is 8.96. The Kier molecular flexibility index (Phi) is 3.94. The van der Waals surface area contributed by atoms with Crippen molar-refractivity contribution >= 4 is 15.6 Å². The number of hydrogen-bond donors (Lipinski definition) is 0. The first kappa shape index (κ1) is 16.4. The van der Waals surface area contributed by atoms with E-state index in [2.05, 4.69) is 9.97 Å². The molecule has 0 aromatic carbocycles. The van der Waals surface area contributed by atoms with Gasteiger partial charge in [-0.15, -0.1) is 0 Å². The summed E-state index contributed by atoms with van der Waals surface area (Å²) in [5, 5.41) is -1.03. The number of rotatable bonds is 2. The second kappa shape index (κ2) is 5.54. The lowest BCUT2D eigenvalue weighted by Gasteiger charge is -2.38. The number of Topliss-reactive ketones (excluding diaryl/α,β-unsaturated/α-hetero) is 1. The number of nitrogens with zero attached hydrogens (tertiary/aromatic N) is 2. The van der Waals surface area contributed by atoms with E-state index in [0.29, 0.717) is 12.8 Å². The third-order valence-electron chi connectivity index (χ3n) is 4.64. The van der Waals surface area contributed by atoms with Crippen LogP contribution in [0.5, 0.6) is 0 Å². The molecule has 9 heteroatoms. The van der Waals surface area contributed by atoms with Gasteiger partial charge in [-0.3, -0.25) is 4.79 Å². The number of fused-ring (bicyclic) bond motifs is 2. The van der Waals surface area contributed by atoms with Crippen LogP contribution in [0.2, 0.25) is 0 Å². The largest absolute Gasteiger partial charge is 0.451 e. The van der Waals surface area contributed by atoms with Crippen molar-refractivity contribution in [1.29, 1.82) is 0 Å². The van der Waals surface area contributed by atoms with Gasteiger partial charge < -0.3 is 0 Å². The summed E-state index contributed by atoms with van der Waals surface area (Å²) in [6, 6.07) is 0. The third-order valence-corrected chi connectivity index (χ3v) is 7.35. The van der Waals surface area contributed by atoms with Crippen molar-refractivity contribution in [3.63, 3.8) is 0 Å². The summed E-state index contributed by atoms with van der Waals surface area (Å²) in [5.74, 6) is -2.16. The van der Waals surface area contributed by atoms with Gasteiger partial charge in [0.1, 0.15) is 0 Å². The Labute approximate surface area is 131 Å². The highest BCUT2D eigenvalue weighted by molar-refractivity contribution is 7.92. The Morgan fingerprint density at radius 3 is 2.09 bits per heavy atom. The van der Waals surface area contributed by atoms with Crippen molar-refractivity contribution in [3.05, 3.63) is 23.8 Å². The van der Waals surface area contributed by atoms with Gasteiger partial charge in [0.15, 0.2) is 15.6 Å². The minimum Gasteiger partial charge on any atom is -0.294 e. The Morgan fingerprint density at radius 2 is 1.61 bits per heavy atom. The molecular formula is C14H15F3N2O3S. The van der Waals surface area contributed by atoms with Gasteiger partial charge in [0.05, 0.1) is 16.1 Å². The van der Waals surface area contributed by atoms with Gasteiger partial charge in [0.2, 0.25) is 5.82 Å². The summed E-state index contributed by atoms with van der Waals surface area (Å²) in [4.78, 5) is 18.8. The Hall–Kier alpha value is -1.51. The zero-order chi connectivity index (χ0) is 16.8. The molecule has 0 aliphatic carbocycles. The van der Waals surface area contributed by atoms with E-state index >= 15 is 0 Å². The number of ketones is 1.